The van der Waals surface area contributed by atoms with E-state index in [1.807, 2.05) is 31.2 Å². The van der Waals surface area contributed by atoms with E-state index in [0.29, 0.717) is 29.7 Å². The normalized spacial score (nSPS) is 13.8. The van der Waals surface area contributed by atoms with E-state index in [0.717, 1.165) is 12.1 Å². The van der Waals surface area contributed by atoms with Crippen LogP contribution in [0.5, 0.6) is 11.5 Å². The number of hydrogen-bond acceptors (Lipinski definition) is 3. The lowest BCUT2D eigenvalue weighted by Gasteiger charge is -2.16. The summed E-state index contributed by atoms with van der Waals surface area (Å²) >= 11 is 0. The van der Waals surface area contributed by atoms with Gasteiger partial charge in [0.25, 0.3) is 0 Å². The topological polar surface area (TPSA) is 30.5 Å². The van der Waals surface area contributed by atoms with E-state index < -0.39 is 0 Å². The first kappa shape index (κ1) is 15.8. The second-order valence-electron chi connectivity index (χ2n) is 5.71. The Balaban J connectivity index is 1.77. The van der Waals surface area contributed by atoms with Gasteiger partial charge in [-0.15, -0.1) is 0 Å². The van der Waals surface area contributed by atoms with Crippen LogP contribution in [0, 0.1) is 5.82 Å². The van der Waals surface area contributed by atoms with Crippen LogP contribution in [0.4, 0.5) is 4.39 Å². The molecule has 2 aromatic carbocycles. The lowest BCUT2D eigenvalue weighted by Crippen LogP contribution is -2.16. The largest absolute Gasteiger partial charge is 0.490 e. The number of rotatable bonds is 8. The van der Waals surface area contributed by atoms with Crippen molar-refractivity contribution in [1.82, 2.24) is 5.32 Å². The molecule has 23 heavy (non-hydrogen) atoms. The van der Waals surface area contributed by atoms with Crippen molar-refractivity contribution < 1.29 is 13.9 Å². The van der Waals surface area contributed by atoms with Gasteiger partial charge in [-0.25, -0.2) is 4.39 Å². The van der Waals surface area contributed by atoms with E-state index in [-0.39, 0.29) is 12.4 Å². The molecular formula is C19H22FNO2. The van der Waals surface area contributed by atoms with Crippen molar-refractivity contribution in [2.24, 2.45) is 0 Å². The van der Waals surface area contributed by atoms with E-state index in [4.69, 9.17) is 9.47 Å². The number of hydrogen-bond donors (Lipinski definition) is 1. The van der Waals surface area contributed by atoms with Crippen LogP contribution >= 0.6 is 0 Å². The van der Waals surface area contributed by atoms with Crippen molar-refractivity contribution in [3.05, 3.63) is 59.4 Å². The SMILES string of the molecule is CCOc1cccc(CNC2CC2)c1OCc1ccccc1F. The van der Waals surface area contributed by atoms with Gasteiger partial charge in [-0.1, -0.05) is 30.3 Å². The fourth-order valence-corrected chi connectivity index (χ4v) is 2.44. The van der Waals surface area contributed by atoms with Gasteiger partial charge in [-0.05, 0) is 31.9 Å². The van der Waals surface area contributed by atoms with Gasteiger partial charge >= 0.3 is 0 Å². The quantitative estimate of drug-likeness (QED) is 0.797. The first-order valence-electron chi connectivity index (χ1n) is 8.12. The summed E-state index contributed by atoms with van der Waals surface area (Å²) in [7, 11) is 0. The highest BCUT2D eigenvalue weighted by atomic mass is 19.1. The monoisotopic (exact) mass is 315 g/mol. The van der Waals surface area contributed by atoms with Crippen LogP contribution in [-0.4, -0.2) is 12.6 Å². The Morgan fingerprint density at radius 2 is 1.83 bits per heavy atom. The minimum Gasteiger partial charge on any atom is -0.490 e. The molecule has 4 heteroatoms. The van der Waals surface area contributed by atoms with E-state index in [1.165, 1.54) is 18.9 Å². The van der Waals surface area contributed by atoms with Gasteiger partial charge in [-0.3, -0.25) is 0 Å². The third kappa shape index (κ3) is 4.23. The maximum Gasteiger partial charge on any atom is 0.166 e. The van der Waals surface area contributed by atoms with Gasteiger partial charge in [0.05, 0.1) is 6.61 Å². The van der Waals surface area contributed by atoms with Gasteiger partial charge in [0.1, 0.15) is 12.4 Å². The Kier molecular flexibility index (Phi) is 5.13. The molecule has 1 aliphatic rings. The Morgan fingerprint density at radius 1 is 1.04 bits per heavy atom. The zero-order chi connectivity index (χ0) is 16.1. The van der Waals surface area contributed by atoms with E-state index in [2.05, 4.69) is 5.32 Å². The maximum atomic E-state index is 13.8. The molecule has 0 spiro atoms. The molecule has 0 radical (unpaired) electrons. The molecule has 1 saturated carbocycles. The average Bonchev–Trinajstić information content (AvgIpc) is 3.38. The number of para-hydroxylation sites is 1. The molecule has 3 nitrogen and oxygen atoms in total. The summed E-state index contributed by atoms with van der Waals surface area (Å²) in [5.74, 6) is 1.16. The molecule has 2 aromatic rings. The zero-order valence-electron chi connectivity index (χ0n) is 13.3. The van der Waals surface area contributed by atoms with Gasteiger partial charge in [0.15, 0.2) is 11.5 Å². The Morgan fingerprint density at radius 3 is 2.57 bits per heavy atom. The van der Waals surface area contributed by atoms with Gasteiger partial charge in [0, 0.05) is 23.7 Å². The Hall–Kier alpha value is -2.07. The summed E-state index contributed by atoms with van der Waals surface area (Å²) in [6.07, 6.45) is 2.47. The van der Waals surface area contributed by atoms with Crippen molar-refractivity contribution in [1.29, 1.82) is 0 Å². The van der Waals surface area contributed by atoms with Gasteiger partial charge in [0.2, 0.25) is 0 Å². The lowest BCUT2D eigenvalue weighted by atomic mass is 10.1. The highest BCUT2D eigenvalue weighted by Gasteiger charge is 2.21. The fraction of sp³-hybridized carbons (Fsp3) is 0.368. The molecule has 0 atom stereocenters. The molecule has 0 aromatic heterocycles. The second kappa shape index (κ2) is 7.47. The van der Waals surface area contributed by atoms with Gasteiger partial charge < -0.3 is 14.8 Å². The van der Waals surface area contributed by atoms with E-state index in [1.54, 1.807) is 12.1 Å². The average molecular weight is 315 g/mol. The molecule has 1 aliphatic carbocycles. The molecule has 0 bridgehead atoms. The smallest absolute Gasteiger partial charge is 0.166 e. The van der Waals surface area contributed by atoms with Crippen LogP contribution in [0.15, 0.2) is 42.5 Å². The molecule has 0 unspecified atom stereocenters. The summed E-state index contributed by atoms with van der Waals surface area (Å²) in [6.45, 7) is 3.43. The summed E-state index contributed by atoms with van der Waals surface area (Å²) in [4.78, 5) is 0. The number of halogens is 1. The van der Waals surface area contributed by atoms with Crippen molar-refractivity contribution in [3.63, 3.8) is 0 Å². The van der Waals surface area contributed by atoms with E-state index >= 15 is 0 Å². The summed E-state index contributed by atoms with van der Waals surface area (Å²) in [5, 5.41) is 3.48. The van der Waals surface area contributed by atoms with Crippen LogP contribution in [0.25, 0.3) is 0 Å². The minimum atomic E-state index is -0.251. The molecule has 122 valence electrons. The number of benzene rings is 2. The Bertz CT molecular complexity index is 656. The molecule has 1 N–H and O–H groups in total. The standard InChI is InChI=1S/C19H22FNO2/c1-2-22-18-9-5-7-14(12-21-16-10-11-16)19(18)23-13-15-6-3-4-8-17(15)20/h3-9,16,21H,2,10-13H2,1H3. The van der Waals surface area contributed by atoms with Crippen molar-refractivity contribution in [3.8, 4) is 11.5 Å². The number of nitrogens with one attached hydrogen (secondary N) is 1. The highest BCUT2D eigenvalue weighted by molar-refractivity contribution is 5.47. The van der Waals surface area contributed by atoms with Crippen molar-refractivity contribution in [2.75, 3.05) is 6.61 Å². The predicted octanol–water partition coefficient (Wildman–Crippen LogP) is 4.06. The predicted molar refractivity (Wildman–Crippen MR) is 88.2 cm³/mol. The number of ether oxygens (including phenoxy) is 2. The third-order valence-electron chi connectivity index (χ3n) is 3.85. The third-order valence-corrected chi connectivity index (χ3v) is 3.85. The van der Waals surface area contributed by atoms with Crippen LogP contribution in [0.3, 0.4) is 0 Å². The first-order valence-corrected chi connectivity index (χ1v) is 8.12. The summed E-state index contributed by atoms with van der Waals surface area (Å²) in [6, 6.07) is 13.2. The molecule has 0 saturated heterocycles. The molecule has 0 heterocycles. The van der Waals surface area contributed by atoms with E-state index in [9.17, 15) is 4.39 Å². The van der Waals surface area contributed by atoms with Crippen molar-refractivity contribution in [2.45, 2.75) is 39.0 Å². The first-order chi connectivity index (χ1) is 11.3. The van der Waals surface area contributed by atoms with Crippen LogP contribution in [-0.2, 0) is 13.2 Å². The zero-order valence-corrected chi connectivity index (χ0v) is 13.3. The highest BCUT2D eigenvalue weighted by Crippen LogP contribution is 2.33. The molecule has 0 amide bonds. The van der Waals surface area contributed by atoms with Crippen LogP contribution in [0.2, 0.25) is 0 Å². The summed E-state index contributed by atoms with van der Waals surface area (Å²) < 4.78 is 25.4. The molecule has 3 rings (SSSR count). The molecular weight excluding hydrogens is 293 g/mol. The molecule has 1 fully saturated rings. The van der Waals surface area contributed by atoms with Crippen LogP contribution in [0.1, 0.15) is 30.9 Å². The molecule has 0 aliphatic heterocycles. The van der Waals surface area contributed by atoms with Gasteiger partial charge in [-0.2, -0.15) is 0 Å². The van der Waals surface area contributed by atoms with Crippen LogP contribution < -0.4 is 14.8 Å². The fourth-order valence-electron chi connectivity index (χ4n) is 2.44. The second-order valence-corrected chi connectivity index (χ2v) is 5.71. The minimum absolute atomic E-state index is 0.188. The Labute approximate surface area is 136 Å². The summed E-state index contributed by atoms with van der Waals surface area (Å²) in [5.41, 5.74) is 1.58. The van der Waals surface area contributed by atoms with Crippen molar-refractivity contribution >= 4 is 0 Å². The maximum absolute atomic E-state index is 13.8. The lowest BCUT2D eigenvalue weighted by molar-refractivity contribution is 0.262.